The van der Waals surface area contributed by atoms with Gasteiger partial charge in [0.25, 0.3) is 0 Å². The van der Waals surface area contributed by atoms with Crippen molar-refractivity contribution in [1.82, 2.24) is 5.32 Å². The zero-order valence-electron chi connectivity index (χ0n) is 12.3. The van der Waals surface area contributed by atoms with Gasteiger partial charge in [-0.25, -0.2) is 0 Å². The molecule has 0 bridgehead atoms. The van der Waals surface area contributed by atoms with Crippen LogP contribution in [0.2, 0.25) is 0 Å². The second-order valence-electron chi connectivity index (χ2n) is 5.32. The van der Waals surface area contributed by atoms with E-state index in [1.165, 1.54) is 0 Å². The van der Waals surface area contributed by atoms with Crippen LogP contribution in [0.3, 0.4) is 0 Å². The van der Waals surface area contributed by atoms with Gasteiger partial charge in [0.15, 0.2) is 0 Å². The third-order valence-electron chi connectivity index (χ3n) is 3.30. The molecule has 0 heterocycles. The maximum absolute atomic E-state index is 12.1. The zero-order chi connectivity index (χ0) is 14.4. The summed E-state index contributed by atoms with van der Waals surface area (Å²) < 4.78 is 0. The molecule has 0 fully saturated rings. The van der Waals surface area contributed by atoms with Crippen molar-refractivity contribution in [2.75, 3.05) is 24.2 Å². The van der Waals surface area contributed by atoms with E-state index in [4.69, 9.17) is 5.73 Å². The normalized spacial score (nSPS) is 12.3. The number of para-hydroxylation sites is 2. The number of anilines is 2. The number of carbonyl (C=O) groups excluding carboxylic acids is 1. The monoisotopic (exact) mass is 263 g/mol. The molecule has 1 rings (SSSR count). The van der Waals surface area contributed by atoms with Gasteiger partial charge in [-0.3, -0.25) is 4.79 Å². The van der Waals surface area contributed by atoms with E-state index in [0.717, 1.165) is 18.7 Å². The number of hydrogen-bond acceptors (Lipinski definition) is 3. The fraction of sp³-hybridized carbons (Fsp3) is 0.533. The fourth-order valence-corrected chi connectivity index (χ4v) is 1.82. The highest BCUT2D eigenvalue weighted by Crippen LogP contribution is 2.22. The highest BCUT2D eigenvalue weighted by Gasteiger charge is 2.19. The van der Waals surface area contributed by atoms with E-state index in [0.29, 0.717) is 11.6 Å². The van der Waals surface area contributed by atoms with Crippen LogP contribution in [0.15, 0.2) is 24.3 Å². The molecule has 1 unspecified atom stereocenters. The average molecular weight is 263 g/mol. The Bertz CT molecular complexity index is 418. The lowest BCUT2D eigenvalue weighted by molar-refractivity contribution is -0.122. The summed E-state index contributed by atoms with van der Waals surface area (Å²) in [6, 6.07) is 7.34. The van der Waals surface area contributed by atoms with Crippen molar-refractivity contribution in [2.45, 2.75) is 33.2 Å². The van der Waals surface area contributed by atoms with Crippen molar-refractivity contribution in [3.63, 3.8) is 0 Å². The summed E-state index contributed by atoms with van der Waals surface area (Å²) in [4.78, 5) is 14.0. The number of hydrogen-bond donors (Lipinski definition) is 2. The van der Waals surface area contributed by atoms with Gasteiger partial charge in [0.05, 0.1) is 11.4 Å². The first kappa shape index (κ1) is 15.3. The van der Waals surface area contributed by atoms with Crippen molar-refractivity contribution >= 4 is 17.3 Å². The lowest BCUT2D eigenvalue weighted by Gasteiger charge is -2.27. The fourth-order valence-electron chi connectivity index (χ4n) is 1.82. The molecule has 0 aliphatic rings. The number of likely N-dealkylation sites (N-methyl/N-ethyl adjacent to an activating group) is 1. The third-order valence-corrected chi connectivity index (χ3v) is 3.30. The molecule has 3 N–H and O–H groups in total. The minimum absolute atomic E-state index is 0.0337. The predicted molar refractivity (Wildman–Crippen MR) is 81.2 cm³/mol. The number of amides is 1. The first-order chi connectivity index (χ1) is 8.93. The molecule has 4 heteroatoms. The predicted octanol–water partition coefficient (Wildman–Crippen LogP) is 2.26. The number of nitrogens with one attached hydrogen (secondary N) is 1. The summed E-state index contributed by atoms with van der Waals surface area (Å²) in [6.07, 6.45) is 0.996. The maximum atomic E-state index is 12.1. The number of carbonyl (C=O) groups is 1. The summed E-state index contributed by atoms with van der Waals surface area (Å²) >= 11 is 0. The summed E-state index contributed by atoms with van der Waals surface area (Å²) in [6.45, 7) is 6.90. The van der Waals surface area contributed by atoms with Crippen LogP contribution in [0.5, 0.6) is 0 Å². The molecule has 106 valence electrons. The van der Waals surface area contributed by atoms with Crippen molar-refractivity contribution in [3.8, 4) is 0 Å². The first-order valence-corrected chi connectivity index (χ1v) is 6.78. The Morgan fingerprint density at radius 3 is 2.53 bits per heavy atom. The number of nitrogens with zero attached hydrogens (tertiary/aromatic N) is 1. The van der Waals surface area contributed by atoms with E-state index in [2.05, 4.69) is 19.2 Å². The molecule has 19 heavy (non-hydrogen) atoms. The van der Waals surface area contributed by atoms with Gasteiger partial charge >= 0.3 is 0 Å². The van der Waals surface area contributed by atoms with Gasteiger partial charge in [0.1, 0.15) is 6.04 Å². The molecule has 1 atom stereocenters. The van der Waals surface area contributed by atoms with Gasteiger partial charge in [-0.2, -0.15) is 0 Å². The van der Waals surface area contributed by atoms with Gasteiger partial charge in [-0.05, 0) is 31.4 Å². The Balaban J connectivity index is 2.59. The van der Waals surface area contributed by atoms with Crippen LogP contribution in [0.1, 0.15) is 27.2 Å². The lowest BCUT2D eigenvalue weighted by atomic mass is 10.1. The van der Waals surface area contributed by atoms with Gasteiger partial charge in [0.2, 0.25) is 5.91 Å². The minimum Gasteiger partial charge on any atom is -0.397 e. The molecular formula is C15H25N3O. The SMILES string of the molecule is CC(C)CCNC(=O)C(C)N(C)c1ccccc1N. The number of nitrogens with two attached hydrogens (primary N) is 1. The zero-order valence-corrected chi connectivity index (χ0v) is 12.3. The maximum Gasteiger partial charge on any atom is 0.242 e. The van der Waals surface area contributed by atoms with Crippen LogP contribution in [-0.2, 0) is 4.79 Å². The molecule has 0 aliphatic carbocycles. The summed E-state index contributed by atoms with van der Waals surface area (Å²) in [5.41, 5.74) is 7.50. The minimum atomic E-state index is -0.239. The second-order valence-corrected chi connectivity index (χ2v) is 5.32. The standard InChI is InChI=1S/C15H25N3O/c1-11(2)9-10-17-15(19)12(3)18(4)14-8-6-5-7-13(14)16/h5-8,11-12H,9-10,16H2,1-4H3,(H,17,19). The van der Waals surface area contributed by atoms with Crippen molar-refractivity contribution in [1.29, 1.82) is 0 Å². The van der Waals surface area contributed by atoms with E-state index in [1.807, 2.05) is 43.1 Å². The average Bonchev–Trinajstić information content (AvgIpc) is 2.37. The molecule has 0 radical (unpaired) electrons. The Morgan fingerprint density at radius 2 is 1.95 bits per heavy atom. The van der Waals surface area contributed by atoms with E-state index in [1.54, 1.807) is 0 Å². The molecule has 0 saturated carbocycles. The van der Waals surface area contributed by atoms with E-state index < -0.39 is 0 Å². The Labute approximate surface area is 116 Å². The smallest absolute Gasteiger partial charge is 0.242 e. The highest BCUT2D eigenvalue weighted by atomic mass is 16.2. The second kappa shape index (κ2) is 7.02. The van der Waals surface area contributed by atoms with Crippen LogP contribution in [0.25, 0.3) is 0 Å². The van der Waals surface area contributed by atoms with E-state index >= 15 is 0 Å². The highest BCUT2D eigenvalue weighted by molar-refractivity contribution is 5.86. The molecule has 1 aromatic rings. The molecule has 0 aliphatic heterocycles. The van der Waals surface area contributed by atoms with Crippen LogP contribution in [0.4, 0.5) is 11.4 Å². The van der Waals surface area contributed by atoms with Gasteiger partial charge in [-0.15, -0.1) is 0 Å². The van der Waals surface area contributed by atoms with Crippen LogP contribution < -0.4 is 16.0 Å². The molecule has 0 saturated heterocycles. The topological polar surface area (TPSA) is 58.4 Å². The molecule has 1 amide bonds. The van der Waals surface area contributed by atoms with Crippen LogP contribution >= 0.6 is 0 Å². The summed E-state index contributed by atoms with van der Waals surface area (Å²) in [5.74, 6) is 0.629. The molecule has 0 spiro atoms. The van der Waals surface area contributed by atoms with Crippen LogP contribution in [0, 0.1) is 5.92 Å². The molecule has 0 aromatic heterocycles. The summed E-state index contributed by atoms with van der Waals surface area (Å²) in [5, 5.41) is 2.96. The Kier molecular flexibility index (Phi) is 5.67. The van der Waals surface area contributed by atoms with E-state index in [9.17, 15) is 4.79 Å². The van der Waals surface area contributed by atoms with Gasteiger partial charge in [-0.1, -0.05) is 26.0 Å². The Hall–Kier alpha value is -1.71. The van der Waals surface area contributed by atoms with Crippen molar-refractivity contribution in [2.24, 2.45) is 5.92 Å². The van der Waals surface area contributed by atoms with E-state index in [-0.39, 0.29) is 11.9 Å². The number of benzene rings is 1. The van der Waals surface area contributed by atoms with Gasteiger partial charge in [0, 0.05) is 13.6 Å². The Morgan fingerprint density at radius 1 is 1.32 bits per heavy atom. The largest absolute Gasteiger partial charge is 0.397 e. The molecule has 4 nitrogen and oxygen atoms in total. The van der Waals surface area contributed by atoms with Gasteiger partial charge < -0.3 is 16.0 Å². The number of rotatable bonds is 6. The molecular weight excluding hydrogens is 238 g/mol. The third kappa shape index (κ3) is 4.47. The summed E-state index contributed by atoms with van der Waals surface area (Å²) in [7, 11) is 1.89. The first-order valence-electron chi connectivity index (χ1n) is 6.78. The molecule has 1 aromatic carbocycles. The van der Waals surface area contributed by atoms with Crippen molar-refractivity contribution < 1.29 is 4.79 Å². The van der Waals surface area contributed by atoms with Crippen molar-refractivity contribution in [3.05, 3.63) is 24.3 Å². The quantitative estimate of drug-likeness (QED) is 0.774. The van der Waals surface area contributed by atoms with Crippen LogP contribution in [-0.4, -0.2) is 25.5 Å². The lowest BCUT2D eigenvalue weighted by Crippen LogP contribution is -2.44. The number of nitrogen functional groups attached to an aromatic ring is 1.